The number of hydrogen-bond donors (Lipinski definition) is 1. The van der Waals surface area contributed by atoms with E-state index >= 15 is 0 Å². The maximum atomic E-state index is 13.7. The van der Waals surface area contributed by atoms with Gasteiger partial charge in [0.2, 0.25) is 0 Å². The van der Waals surface area contributed by atoms with Crippen molar-refractivity contribution in [1.29, 1.82) is 0 Å². The summed E-state index contributed by atoms with van der Waals surface area (Å²) in [5.74, 6) is -1.40. The van der Waals surface area contributed by atoms with Crippen molar-refractivity contribution in [2.75, 3.05) is 38.6 Å². The van der Waals surface area contributed by atoms with Crippen LogP contribution in [0, 0.1) is 5.82 Å². The lowest BCUT2D eigenvalue weighted by Gasteiger charge is -2.24. The van der Waals surface area contributed by atoms with Gasteiger partial charge in [0.25, 0.3) is 0 Å². The first-order valence-electron chi connectivity index (χ1n) is 7.03. The highest BCUT2D eigenvalue weighted by atomic mass is 19.1. The van der Waals surface area contributed by atoms with Gasteiger partial charge < -0.3 is 14.9 Å². The highest BCUT2D eigenvalue weighted by molar-refractivity contribution is 5.85. The molecule has 0 aliphatic rings. The number of hydrogen-bond acceptors (Lipinski definition) is 3. The molecular weight excluding hydrogens is 271 g/mol. The summed E-state index contributed by atoms with van der Waals surface area (Å²) in [7, 11) is 4.04. The van der Waals surface area contributed by atoms with E-state index in [0.29, 0.717) is 5.56 Å². The Labute approximate surface area is 125 Å². The third kappa shape index (κ3) is 6.40. The fraction of sp³-hybridized carbons (Fsp3) is 0.438. The Kier molecular flexibility index (Phi) is 6.88. The van der Waals surface area contributed by atoms with Crippen molar-refractivity contribution in [2.24, 2.45) is 0 Å². The van der Waals surface area contributed by atoms with Crippen LogP contribution in [0.3, 0.4) is 0 Å². The van der Waals surface area contributed by atoms with Crippen LogP contribution < -0.4 is 4.90 Å². The van der Waals surface area contributed by atoms with Crippen LogP contribution in [-0.2, 0) is 4.79 Å². The molecule has 0 bridgehead atoms. The minimum atomic E-state index is -1.04. The molecule has 0 aromatic heterocycles. The van der Waals surface area contributed by atoms with Crippen molar-refractivity contribution < 1.29 is 14.3 Å². The van der Waals surface area contributed by atoms with Crippen LogP contribution in [-0.4, -0.2) is 49.7 Å². The predicted octanol–water partition coefficient (Wildman–Crippen LogP) is 2.70. The number of halogens is 1. The second-order valence-corrected chi connectivity index (χ2v) is 5.15. The number of benzene rings is 1. The molecule has 4 nitrogen and oxygen atoms in total. The Bertz CT molecular complexity index is 501. The van der Waals surface area contributed by atoms with E-state index in [4.69, 9.17) is 5.11 Å². The van der Waals surface area contributed by atoms with E-state index < -0.39 is 5.97 Å². The minimum Gasteiger partial charge on any atom is -0.478 e. The SMILES string of the molecule is CCN(CCCN(C)C)c1cc(F)cc(/C=C/C(=O)O)c1. The van der Waals surface area contributed by atoms with Gasteiger partial charge in [0.05, 0.1) is 0 Å². The van der Waals surface area contributed by atoms with E-state index in [1.54, 1.807) is 0 Å². The maximum absolute atomic E-state index is 13.7. The molecule has 0 atom stereocenters. The van der Waals surface area contributed by atoms with Crippen molar-refractivity contribution in [3.8, 4) is 0 Å². The fourth-order valence-corrected chi connectivity index (χ4v) is 2.09. The first kappa shape index (κ1) is 17.2. The highest BCUT2D eigenvalue weighted by Gasteiger charge is 2.07. The van der Waals surface area contributed by atoms with Crippen molar-refractivity contribution in [1.82, 2.24) is 4.90 Å². The van der Waals surface area contributed by atoms with Gasteiger partial charge in [0.1, 0.15) is 5.82 Å². The van der Waals surface area contributed by atoms with Gasteiger partial charge in [-0.25, -0.2) is 9.18 Å². The lowest BCUT2D eigenvalue weighted by molar-refractivity contribution is -0.131. The Balaban J connectivity index is 2.85. The van der Waals surface area contributed by atoms with Crippen LogP contribution in [0.4, 0.5) is 10.1 Å². The molecule has 0 saturated carbocycles. The van der Waals surface area contributed by atoms with E-state index in [9.17, 15) is 9.18 Å². The topological polar surface area (TPSA) is 43.8 Å². The Morgan fingerprint density at radius 2 is 2.00 bits per heavy atom. The lowest BCUT2D eigenvalue weighted by atomic mass is 10.1. The third-order valence-corrected chi connectivity index (χ3v) is 3.10. The predicted molar refractivity (Wildman–Crippen MR) is 84.1 cm³/mol. The van der Waals surface area contributed by atoms with E-state index in [0.717, 1.165) is 37.8 Å². The molecule has 0 fully saturated rings. The molecule has 5 heteroatoms. The van der Waals surface area contributed by atoms with E-state index in [1.807, 2.05) is 27.1 Å². The second kappa shape index (κ2) is 8.42. The molecule has 0 spiro atoms. The van der Waals surface area contributed by atoms with Crippen LogP contribution in [0.2, 0.25) is 0 Å². The minimum absolute atomic E-state index is 0.358. The fourth-order valence-electron chi connectivity index (χ4n) is 2.09. The Hall–Kier alpha value is -1.88. The zero-order valence-electron chi connectivity index (χ0n) is 12.8. The number of rotatable bonds is 8. The quantitative estimate of drug-likeness (QED) is 0.749. The molecule has 0 amide bonds. The molecule has 21 heavy (non-hydrogen) atoms. The average molecular weight is 294 g/mol. The van der Waals surface area contributed by atoms with Crippen molar-refractivity contribution in [2.45, 2.75) is 13.3 Å². The zero-order valence-corrected chi connectivity index (χ0v) is 12.8. The third-order valence-electron chi connectivity index (χ3n) is 3.10. The molecule has 1 aromatic rings. The molecule has 0 unspecified atom stereocenters. The molecule has 0 saturated heterocycles. The molecule has 0 radical (unpaired) electrons. The number of carbonyl (C=O) groups is 1. The largest absolute Gasteiger partial charge is 0.478 e. The molecule has 0 heterocycles. The smallest absolute Gasteiger partial charge is 0.328 e. The lowest BCUT2D eigenvalue weighted by Crippen LogP contribution is -2.27. The number of carboxylic acid groups (broad SMARTS) is 1. The molecule has 0 aliphatic carbocycles. The van der Waals surface area contributed by atoms with Crippen LogP contribution in [0.1, 0.15) is 18.9 Å². The van der Waals surface area contributed by atoms with E-state index in [-0.39, 0.29) is 5.82 Å². The molecule has 1 N–H and O–H groups in total. The van der Waals surface area contributed by atoms with Crippen molar-refractivity contribution in [3.63, 3.8) is 0 Å². The summed E-state index contributed by atoms with van der Waals surface area (Å²) >= 11 is 0. The molecule has 0 aliphatic heterocycles. The van der Waals surface area contributed by atoms with E-state index in [2.05, 4.69) is 9.80 Å². The number of aliphatic carboxylic acids is 1. The summed E-state index contributed by atoms with van der Waals surface area (Å²) in [6, 6.07) is 4.62. The summed E-state index contributed by atoms with van der Waals surface area (Å²) in [6.07, 6.45) is 3.40. The van der Waals surface area contributed by atoms with Gasteiger partial charge in [-0.1, -0.05) is 0 Å². The molecule has 1 aromatic carbocycles. The van der Waals surface area contributed by atoms with Crippen molar-refractivity contribution in [3.05, 3.63) is 35.7 Å². The number of carboxylic acids is 1. The standard InChI is InChI=1S/C16H23FN2O2/c1-4-19(9-5-8-18(2)3)15-11-13(6-7-16(20)21)10-14(17)12-15/h6-7,10-12H,4-5,8-9H2,1-3H3,(H,20,21)/b7-6+. The van der Waals surface area contributed by atoms with Gasteiger partial charge in [0.15, 0.2) is 0 Å². The van der Waals surface area contributed by atoms with E-state index in [1.165, 1.54) is 18.2 Å². The summed E-state index contributed by atoms with van der Waals surface area (Å²) in [6.45, 7) is 4.60. The van der Waals surface area contributed by atoms with Gasteiger partial charge >= 0.3 is 5.97 Å². The molecule has 116 valence electrons. The van der Waals surface area contributed by atoms with Crippen LogP contribution in [0.5, 0.6) is 0 Å². The Morgan fingerprint density at radius 3 is 2.57 bits per heavy atom. The maximum Gasteiger partial charge on any atom is 0.328 e. The van der Waals surface area contributed by atoms with Crippen LogP contribution in [0.25, 0.3) is 6.08 Å². The number of nitrogens with zero attached hydrogens (tertiary/aromatic N) is 2. The first-order valence-corrected chi connectivity index (χ1v) is 7.03. The van der Waals surface area contributed by atoms with Gasteiger partial charge in [-0.3, -0.25) is 0 Å². The van der Waals surface area contributed by atoms with Gasteiger partial charge in [0, 0.05) is 24.9 Å². The normalized spacial score (nSPS) is 11.3. The summed E-state index contributed by atoms with van der Waals surface area (Å²) in [4.78, 5) is 14.7. The van der Waals surface area contributed by atoms with Gasteiger partial charge in [-0.05, 0) is 63.8 Å². The average Bonchev–Trinajstić information content (AvgIpc) is 2.40. The second-order valence-electron chi connectivity index (χ2n) is 5.15. The van der Waals surface area contributed by atoms with Gasteiger partial charge in [-0.15, -0.1) is 0 Å². The zero-order chi connectivity index (χ0) is 15.8. The molecular formula is C16H23FN2O2. The number of anilines is 1. The summed E-state index contributed by atoms with van der Waals surface area (Å²) in [5, 5.41) is 8.64. The summed E-state index contributed by atoms with van der Waals surface area (Å²) in [5.41, 5.74) is 1.33. The highest BCUT2D eigenvalue weighted by Crippen LogP contribution is 2.20. The molecule has 1 rings (SSSR count). The Morgan fingerprint density at radius 1 is 1.29 bits per heavy atom. The van der Waals surface area contributed by atoms with Crippen LogP contribution >= 0.6 is 0 Å². The van der Waals surface area contributed by atoms with Crippen LogP contribution in [0.15, 0.2) is 24.3 Å². The van der Waals surface area contributed by atoms with Crippen molar-refractivity contribution >= 4 is 17.7 Å². The summed E-state index contributed by atoms with van der Waals surface area (Å²) < 4.78 is 13.7. The first-order chi connectivity index (χ1) is 9.92. The monoisotopic (exact) mass is 294 g/mol. The van der Waals surface area contributed by atoms with Gasteiger partial charge in [-0.2, -0.15) is 0 Å².